The number of halogens is 3. The van der Waals surface area contributed by atoms with Crippen LogP contribution in [0.1, 0.15) is 88.2 Å². The van der Waals surface area contributed by atoms with Gasteiger partial charge in [0.15, 0.2) is 23.1 Å². The minimum absolute atomic E-state index is 0.0199. The van der Waals surface area contributed by atoms with E-state index >= 15 is 0 Å². The van der Waals surface area contributed by atoms with Crippen LogP contribution in [0.2, 0.25) is 0 Å². The smallest absolute Gasteiger partial charge is 0.314 e. The van der Waals surface area contributed by atoms with Crippen LogP contribution in [0.4, 0.5) is 13.2 Å². The van der Waals surface area contributed by atoms with Crippen molar-refractivity contribution in [2.75, 3.05) is 6.61 Å². The summed E-state index contributed by atoms with van der Waals surface area (Å²) in [6.45, 7) is 4.20. The van der Waals surface area contributed by atoms with Crippen molar-refractivity contribution in [1.29, 1.82) is 0 Å². The number of hydrogen-bond donors (Lipinski definition) is 0. The van der Waals surface area contributed by atoms with Gasteiger partial charge >= 0.3 is 5.97 Å². The molecule has 0 spiro atoms. The van der Waals surface area contributed by atoms with Crippen LogP contribution in [0.5, 0.6) is 11.5 Å². The zero-order valence-corrected chi connectivity index (χ0v) is 21.1. The topological polar surface area (TPSA) is 35.5 Å². The molecular weight excluding hydrogens is 465 g/mol. The average Bonchev–Trinajstić information content (AvgIpc) is 2.89. The molecule has 3 nitrogen and oxygen atoms in total. The van der Waals surface area contributed by atoms with Crippen LogP contribution in [-0.2, 0) is 4.79 Å². The summed E-state index contributed by atoms with van der Waals surface area (Å²) in [5.74, 6) is -2.80. The van der Waals surface area contributed by atoms with Gasteiger partial charge in [-0.2, -0.15) is 4.39 Å². The highest BCUT2D eigenvalue weighted by Gasteiger charge is 2.31. The second-order valence-electron chi connectivity index (χ2n) is 10.0. The number of benzene rings is 2. The zero-order valence-electron chi connectivity index (χ0n) is 21.1. The summed E-state index contributed by atoms with van der Waals surface area (Å²) in [5, 5.41) is 0. The Labute approximate surface area is 211 Å². The molecule has 0 saturated heterocycles. The standard InChI is InChI=1S/C30H35F3O3/c1-3-5-19-6-8-21(9-7-19)24-15-17-27(29(33)28(24)32)36-30(34)22-12-10-20(11-13-22)23-14-16-26(35-4-2)25(31)18-23/h3,5,14-22H,4,6-13H2,1-2H3. The maximum Gasteiger partial charge on any atom is 0.314 e. The van der Waals surface area contributed by atoms with Gasteiger partial charge < -0.3 is 9.47 Å². The lowest BCUT2D eigenvalue weighted by Crippen LogP contribution is -2.25. The summed E-state index contributed by atoms with van der Waals surface area (Å²) in [6.07, 6.45) is 10.2. The summed E-state index contributed by atoms with van der Waals surface area (Å²) in [4.78, 5) is 12.7. The Hall–Kier alpha value is -2.76. The number of carbonyl (C=O) groups excluding carboxylic acids is 1. The number of rotatable bonds is 7. The fourth-order valence-electron chi connectivity index (χ4n) is 5.73. The van der Waals surface area contributed by atoms with E-state index in [4.69, 9.17) is 9.47 Å². The van der Waals surface area contributed by atoms with E-state index in [-0.39, 0.29) is 29.2 Å². The molecule has 0 N–H and O–H groups in total. The van der Waals surface area contributed by atoms with E-state index in [0.717, 1.165) is 31.2 Å². The first-order valence-corrected chi connectivity index (χ1v) is 13.2. The molecule has 2 saturated carbocycles. The van der Waals surface area contributed by atoms with Gasteiger partial charge in [0.1, 0.15) is 0 Å². The van der Waals surface area contributed by atoms with Crippen LogP contribution in [0.25, 0.3) is 0 Å². The maximum atomic E-state index is 14.9. The van der Waals surface area contributed by atoms with Crippen molar-refractivity contribution in [3.63, 3.8) is 0 Å². The first-order chi connectivity index (χ1) is 17.4. The molecule has 0 radical (unpaired) electrons. The van der Waals surface area contributed by atoms with Crippen molar-refractivity contribution in [2.24, 2.45) is 11.8 Å². The predicted octanol–water partition coefficient (Wildman–Crippen LogP) is 8.23. The quantitative estimate of drug-likeness (QED) is 0.218. The first-order valence-electron chi connectivity index (χ1n) is 13.2. The molecule has 2 aliphatic carbocycles. The molecule has 2 fully saturated rings. The summed E-state index contributed by atoms with van der Waals surface area (Å²) in [7, 11) is 0. The Morgan fingerprint density at radius 3 is 2.19 bits per heavy atom. The molecule has 2 aliphatic rings. The van der Waals surface area contributed by atoms with Gasteiger partial charge in [-0.05, 0) is 112 Å². The van der Waals surface area contributed by atoms with Crippen molar-refractivity contribution in [3.8, 4) is 11.5 Å². The molecule has 0 heterocycles. The number of esters is 1. The van der Waals surface area contributed by atoms with E-state index in [0.29, 0.717) is 43.8 Å². The van der Waals surface area contributed by atoms with Crippen LogP contribution in [0, 0.1) is 29.3 Å². The molecule has 194 valence electrons. The van der Waals surface area contributed by atoms with Crippen LogP contribution >= 0.6 is 0 Å². The molecule has 0 atom stereocenters. The van der Waals surface area contributed by atoms with E-state index in [1.165, 1.54) is 12.1 Å². The SMILES string of the molecule is CC=CC1CCC(c2ccc(OC(=O)C3CCC(c4ccc(OCC)c(F)c4)CC3)c(F)c2F)CC1. The van der Waals surface area contributed by atoms with Gasteiger partial charge in [-0.3, -0.25) is 4.79 Å². The first kappa shape index (κ1) is 26.3. The van der Waals surface area contributed by atoms with Crippen LogP contribution in [0.3, 0.4) is 0 Å². The molecule has 6 heteroatoms. The van der Waals surface area contributed by atoms with Gasteiger partial charge in [-0.1, -0.05) is 24.3 Å². The van der Waals surface area contributed by atoms with Crippen LogP contribution < -0.4 is 9.47 Å². The molecule has 2 aromatic carbocycles. The van der Waals surface area contributed by atoms with Gasteiger partial charge in [0.05, 0.1) is 12.5 Å². The van der Waals surface area contributed by atoms with E-state index < -0.39 is 23.5 Å². The van der Waals surface area contributed by atoms with Crippen molar-refractivity contribution in [1.82, 2.24) is 0 Å². The molecule has 36 heavy (non-hydrogen) atoms. The highest BCUT2D eigenvalue weighted by Crippen LogP contribution is 2.40. The molecule has 0 aliphatic heterocycles. The van der Waals surface area contributed by atoms with Crippen molar-refractivity contribution >= 4 is 5.97 Å². The predicted molar refractivity (Wildman–Crippen MR) is 134 cm³/mol. The fourth-order valence-corrected chi connectivity index (χ4v) is 5.73. The lowest BCUT2D eigenvalue weighted by molar-refractivity contribution is -0.140. The number of hydrogen-bond acceptors (Lipinski definition) is 3. The third-order valence-electron chi connectivity index (χ3n) is 7.75. The van der Waals surface area contributed by atoms with Gasteiger partial charge in [0, 0.05) is 0 Å². The third-order valence-corrected chi connectivity index (χ3v) is 7.75. The van der Waals surface area contributed by atoms with E-state index in [9.17, 15) is 18.0 Å². The van der Waals surface area contributed by atoms with Crippen molar-refractivity contribution < 1.29 is 27.4 Å². The Morgan fingerprint density at radius 1 is 0.889 bits per heavy atom. The van der Waals surface area contributed by atoms with E-state index in [2.05, 4.69) is 6.08 Å². The van der Waals surface area contributed by atoms with Crippen LogP contribution in [-0.4, -0.2) is 12.6 Å². The summed E-state index contributed by atoms with van der Waals surface area (Å²) in [6, 6.07) is 7.96. The Bertz CT molecular complexity index is 1080. The minimum atomic E-state index is -1.09. The largest absolute Gasteiger partial charge is 0.491 e. The van der Waals surface area contributed by atoms with Crippen LogP contribution in [0.15, 0.2) is 42.5 Å². The molecule has 4 rings (SSSR count). The van der Waals surface area contributed by atoms with E-state index in [1.54, 1.807) is 19.1 Å². The zero-order chi connectivity index (χ0) is 25.7. The molecule has 0 unspecified atom stereocenters. The number of ether oxygens (including phenoxy) is 2. The molecule has 2 aromatic rings. The highest BCUT2D eigenvalue weighted by molar-refractivity contribution is 5.75. The Morgan fingerprint density at radius 2 is 1.56 bits per heavy atom. The monoisotopic (exact) mass is 500 g/mol. The van der Waals surface area contributed by atoms with Gasteiger partial charge in [0.25, 0.3) is 0 Å². The Kier molecular flexibility index (Phi) is 8.76. The highest BCUT2D eigenvalue weighted by atomic mass is 19.2. The van der Waals surface area contributed by atoms with Crippen molar-refractivity contribution in [2.45, 2.75) is 77.0 Å². The minimum Gasteiger partial charge on any atom is -0.491 e. The summed E-state index contributed by atoms with van der Waals surface area (Å²) in [5.41, 5.74) is 1.25. The maximum absolute atomic E-state index is 14.9. The van der Waals surface area contributed by atoms with Gasteiger partial charge in [-0.25, -0.2) is 8.78 Å². The Balaban J connectivity index is 1.34. The second kappa shape index (κ2) is 12.0. The number of allylic oxidation sites excluding steroid dienone is 2. The third kappa shape index (κ3) is 5.96. The van der Waals surface area contributed by atoms with Gasteiger partial charge in [0.2, 0.25) is 5.82 Å². The van der Waals surface area contributed by atoms with Gasteiger partial charge in [-0.15, -0.1) is 0 Å². The fraction of sp³-hybridized carbons (Fsp3) is 0.500. The average molecular weight is 501 g/mol. The number of carbonyl (C=O) groups is 1. The normalized spacial score (nSPS) is 24.6. The molecular formula is C30H35F3O3. The molecule has 0 aromatic heterocycles. The molecule has 0 amide bonds. The lowest BCUT2D eigenvalue weighted by Gasteiger charge is -2.28. The second-order valence-corrected chi connectivity index (χ2v) is 10.0. The lowest BCUT2D eigenvalue weighted by atomic mass is 9.78. The van der Waals surface area contributed by atoms with E-state index in [1.807, 2.05) is 19.1 Å². The summed E-state index contributed by atoms with van der Waals surface area (Å²) < 4.78 is 54.6. The molecule has 0 bridgehead atoms. The van der Waals surface area contributed by atoms with Crippen molar-refractivity contribution in [3.05, 3.63) is 71.1 Å². The summed E-state index contributed by atoms with van der Waals surface area (Å²) >= 11 is 0.